The van der Waals surface area contributed by atoms with Crippen molar-refractivity contribution in [1.29, 1.82) is 0 Å². The third-order valence-electron chi connectivity index (χ3n) is 1.41. The number of ether oxygens (including phenoxy) is 3. The number of methoxy groups -OCH3 is 1. The Kier molecular flexibility index (Phi) is 11.2. The zero-order valence-corrected chi connectivity index (χ0v) is 8.16. The minimum Gasteiger partial charge on any atom is -0.382 e. The van der Waals surface area contributed by atoms with Gasteiger partial charge in [0.1, 0.15) is 6.29 Å². The van der Waals surface area contributed by atoms with Gasteiger partial charge in [-0.2, -0.15) is 0 Å². The average molecular weight is 190 g/mol. The van der Waals surface area contributed by atoms with E-state index in [9.17, 15) is 4.79 Å². The summed E-state index contributed by atoms with van der Waals surface area (Å²) in [6.07, 6.45) is 2.27. The maximum atomic E-state index is 9.92. The topological polar surface area (TPSA) is 44.8 Å². The Morgan fingerprint density at radius 3 is 2.23 bits per heavy atom. The van der Waals surface area contributed by atoms with E-state index in [0.717, 1.165) is 12.7 Å². The van der Waals surface area contributed by atoms with Gasteiger partial charge in [0.2, 0.25) is 0 Å². The summed E-state index contributed by atoms with van der Waals surface area (Å²) in [4.78, 5) is 9.92. The largest absolute Gasteiger partial charge is 0.382 e. The van der Waals surface area contributed by atoms with Gasteiger partial charge in [0.15, 0.2) is 0 Å². The Morgan fingerprint density at radius 2 is 1.62 bits per heavy atom. The summed E-state index contributed by atoms with van der Waals surface area (Å²) < 4.78 is 15.1. The maximum absolute atomic E-state index is 9.92. The van der Waals surface area contributed by atoms with Gasteiger partial charge in [0.05, 0.1) is 26.4 Å². The van der Waals surface area contributed by atoms with Crippen LogP contribution in [0.4, 0.5) is 0 Å². The van der Waals surface area contributed by atoms with E-state index in [2.05, 4.69) is 0 Å². The van der Waals surface area contributed by atoms with E-state index in [1.807, 2.05) is 0 Å². The van der Waals surface area contributed by atoms with Crippen molar-refractivity contribution in [3.8, 4) is 0 Å². The highest BCUT2D eigenvalue weighted by molar-refractivity contribution is 5.48. The molecular weight excluding hydrogens is 172 g/mol. The molecule has 0 amide bonds. The highest BCUT2D eigenvalue weighted by Gasteiger charge is 1.89. The highest BCUT2D eigenvalue weighted by Crippen LogP contribution is 1.86. The minimum atomic E-state index is 0.574. The van der Waals surface area contributed by atoms with Crippen molar-refractivity contribution in [2.45, 2.75) is 12.8 Å². The van der Waals surface area contributed by atoms with Gasteiger partial charge in [-0.15, -0.1) is 0 Å². The van der Waals surface area contributed by atoms with Gasteiger partial charge >= 0.3 is 0 Å². The molecule has 0 N–H and O–H groups in total. The molecule has 0 saturated carbocycles. The standard InChI is InChI=1S/C9H18O4/c1-11-6-7-13-9-8-12-5-3-2-4-10/h4H,2-3,5-9H2,1H3. The summed E-state index contributed by atoms with van der Waals surface area (Å²) in [7, 11) is 1.64. The van der Waals surface area contributed by atoms with Gasteiger partial charge in [-0.3, -0.25) is 0 Å². The second kappa shape index (κ2) is 11.6. The first-order chi connectivity index (χ1) is 6.41. The number of unbranched alkanes of at least 4 members (excludes halogenated alkanes) is 1. The van der Waals surface area contributed by atoms with Crippen molar-refractivity contribution in [3.63, 3.8) is 0 Å². The normalized spacial score (nSPS) is 10.2. The summed E-state index contributed by atoms with van der Waals surface area (Å²) >= 11 is 0. The van der Waals surface area contributed by atoms with E-state index < -0.39 is 0 Å². The SMILES string of the molecule is COCCOCCOCCCC=O. The number of carbonyl (C=O) groups excluding carboxylic acids is 1. The van der Waals surface area contributed by atoms with Crippen LogP contribution in [-0.4, -0.2) is 46.4 Å². The fourth-order valence-corrected chi connectivity index (χ4v) is 0.733. The van der Waals surface area contributed by atoms with Crippen molar-refractivity contribution >= 4 is 6.29 Å². The molecule has 0 aliphatic heterocycles. The van der Waals surface area contributed by atoms with E-state index in [0.29, 0.717) is 39.5 Å². The van der Waals surface area contributed by atoms with Crippen molar-refractivity contribution in [1.82, 2.24) is 0 Å². The van der Waals surface area contributed by atoms with Crippen molar-refractivity contribution in [2.24, 2.45) is 0 Å². The average Bonchev–Trinajstić information content (AvgIpc) is 2.16. The summed E-state index contributed by atoms with van der Waals surface area (Å²) in [5, 5.41) is 0. The van der Waals surface area contributed by atoms with Crippen LogP contribution in [0.2, 0.25) is 0 Å². The first-order valence-electron chi connectivity index (χ1n) is 4.50. The molecule has 78 valence electrons. The van der Waals surface area contributed by atoms with E-state index in [-0.39, 0.29) is 0 Å². The molecule has 0 atom stereocenters. The Labute approximate surface area is 79.2 Å². The molecule has 0 aromatic carbocycles. The molecule has 0 aromatic heterocycles. The second-order valence-corrected chi connectivity index (χ2v) is 2.53. The summed E-state index contributed by atoms with van der Waals surface area (Å²) in [6, 6.07) is 0. The molecule has 0 unspecified atom stereocenters. The lowest BCUT2D eigenvalue weighted by molar-refractivity contribution is -0.108. The fraction of sp³-hybridized carbons (Fsp3) is 0.889. The van der Waals surface area contributed by atoms with Gasteiger partial charge in [0.25, 0.3) is 0 Å². The van der Waals surface area contributed by atoms with Crippen LogP contribution in [0.1, 0.15) is 12.8 Å². The number of hydrogen-bond donors (Lipinski definition) is 0. The van der Waals surface area contributed by atoms with Crippen LogP contribution in [0, 0.1) is 0 Å². The minimum absolute atomic E-state index is 0.574. The molecule has 4 heteroatoms. The van der Waals surface area contributed by atoms with Crippen LogP contribution < -0.4 is 0 Å². The molecule has 0 heterocycles. The second-order valence-electron chi connectivity index (χ2n) is 2.53. The number of carbonyl (C=O) groups is 1. The van der Waals surface area contributed by atoms with Crippen LogP contribution in [0.5, 0.6) is 0 Å². The first-order valence-corrected chi connectivity index (χ1v) is 4.50. The molecule has 0 spiro atoms. The summed E-state index contributed by atoms with van der Waals surface area (Å²) in [6.45, 7) is 3.03. The monoisotopic (exact) mass is 190 g/mol. The number of hydrogen-bond acceptors (Lipinski definition) is 4. The Balaban J connectivity index is 2.79. The van der Waals surface area contributed by atoms with E-state index in [1.54, 1.807) is 7.11 Å². The Hall–Kier alpha value is -0.450. The molecular formula is C9H18O4. The molecule has 0 aromatic rings. The van der Waals surface area contributed by atoms with E-state index >= 15 is 0 Å². The predicted molar refractivity (Wildman–Crippen MR) is 48.8 cm³/mol. The third-order valence-corrected chi connectivity index (χ3v) is 1.41. The smallest absolute Gasteiger partial charge is 0.120 e. The lowest BCUT2D eigenvalue weighted by atomic mass is 10.3. The number of rotatable bonds is 10. The third kappa shape index (κ3) is 11.5. The molecule has 0 aliphatic rings. The molecule has 0 rings (SSSR count). The zero-order valence-electron chi connectivity index (χ0n) is 8.16. The van der Waals surface area contributed by atoms with Gasteiger partial charge < -0.3 is 19.0 Å². The van der Waals surface area contributed by atoms with Crippen LogP contribution in [-0.2, 0) is 19.0 Å². The summed E-state index contributed by atoms with van der Waals surface area (Å²) in [5.74, 6) is 0. The first kappa shape index (κ1) is 12.6. The van der Waals surface area contributed by atoms with Crippen LogP contribution in [0.25, 0.3) is 0 Å². The van der Waals surface area contributed by atoms with Crippen LogP contribution >= 0.6 is 0 Å². The van der Waals surface area contributed by atoms with E-state index in [1.165, 1.54) is 0 Å². The molecule has 0 saturated heterocycles. The highest BCUT2D eigenvalue weighted by atomic mass is 16.5. The maximum Gasteiger partial charge on any atom is 0.120 e. The van der Waals surface area contributed by atoms with Crippen molar-refractivity contribution in [2.75, 3.05) is 40.1 Å². The lowest BCUT2D eigenvalue weighted by Crippen LogP contribution is -2.08. The van der Waals surface area contributed by atoms with Crippen molar-refractivity contribution < 1.29 is 19.0 Å². The van der Waals surface area contributed by atoms with Crippen molar-refractivity contribution in [3.05, 3.63) is 0 Å². The van der Waals surface area contributed by atoms with E-state index in [4.69, 9.17) is 14.2 Å². The molecule has 0 bridgehead atoms. The fourth-order valence-electron chi connectivity index (χ4n) is 0.733. The Bertz CT molecular complexity index is 106. The lowest BCUT2D eigenvalue weighted by Gasteiger charge is -2.04. The molecule has 13 heavy (non-hydrogen) atoms. The van der Waals surface area contributed by atoms with Gasteiger partial charge in [-0.05, 0) is 6.42 Å². The summed E-state index contributed by atoms with van der Waals surface area (Å²) in [5.41, 5.74) is 0. The van der Waals surface area contributed by atoms with Crippen LogP contribution in [0.3, 0.4) is 0 Å². The van der Waals surface area contributed by atoms with Gasteiger partial charge in [0, 0.05) is 20.1 Å². The molecule has 0 fully saturated rings. The quantitative estimate of drug-likeness (QED) is 0.374. The van der Waals surface area contributed by atoms with Crippen LogP contribution in [0.15, 0.2) is 0 Å². The predicted octanol–water partition coefficient (Wildman–Crippen LogP) is 0.645. The molecule has 0 aliphatic carbocycles. The van der Waals surface area contributed by atoms with Gasteiger partial charge in [-0.1, -0.05) is 0 Å². The zero-order chi connectivity index (χ0) is 9.78. The Morgan fingerprint density at radius 1 is 1.00 bits per heavy atom. The van der Waals surface area contributed by atoms with Gasteiger partial charge in [-0.25, -0.2) is 0 Å². The molecule has 0 radical (unpaired) electrons. The molecule has 4 nitrogen and oxygen atoms in total. The number of aldehydes is 1.